The molecule has 0 radical (unpaired) electrons. The average molecular weight is 280 g/mol. The summed E-state index contributed by atoms with van der Waals surface area (Å²) in [5, 5.41) is 0. The van der Waals surface area contributed by atoms with Gasteiger partial charge in [-0.2, -0.15) is 0 Å². The second-order valence-corrected chi connectivity index (χ2v) is 5.33. The number of nitrogens with zero attached hydrogens (tertiary/aromatic N) is 2. The number of piperazine rings is 1. The van der Waals surface area contributed by atoms with Crippen LogP contribution in [0, 0.1) is 5.82 Å². The Bertz CT molecular complexity index is 442. The van der Waals surface area contributed by atoms with Crippen LogP contribution in [-0.4, -0.2) is 61.6 Å². The highest BCUT2D eigenvalue weighted by Gasteiger charge is 2.18. The van der Waals surface area contributed by atoms with Gasteiger partial charge >= 0.3 is 5.97 Å². The number of likely N-dealkylation sites (N-methyl/N-ethyl adjacent to an activating group) is 1. The van der Waals surface area contributed by atoms with Gasteiger partial charge in [-0.25, -0.2) is 9.18 Å². The first-order chi connectivity index (χ1) is 9.54. The van der Waals surface area contributed by atoms with Crippen LogP contribution in [0.5, 0.6) is 0 Å². The number of ether oxygens (including phenoxy) is 1. The Kier molecular flexibility index (Phi) is 5.09. The number of carbonyl (C=O) groups is 1. The molecule has 1 saturated heterocycles. The molecule has 1 atom stereocenters. The zero-order valence-electron chi connectivity index (χ0n) is 12.0. The molecule has 1 aliphatic heterocycles. The number of hydrogen-bond donors (Lipinski definition) is 0. The van der Waals surface area contributed by atoms with Crippen molar-refractivity contribution in [1.82, 2.24) is 9.80 Å². The first-order valence-corrected chi connectivity index (χ1v) is 6.92. The molecule has 0 saturated carbocycles. The maximum absolute atomic E-state index is 12.8. The third kappa shape index (κ3) is 4.28. The second-order valence-electron chi connectivity index (χ2n) is 5.33. The number of halogens is 1. The molecule has 1 aromatic carbocycles. The first-order valence-electron chi connectivity index (χ1n) is 6.92. The number of hydrogen-bond acceptors (Lipinski definition) is 4. The summed E-state index contributed by atoms with van der Waals surface area (Å²) in [6.07, 6.45) is -0.170. The van der Waals surface area contributed by atoms with Crippen molar-refractivity contribution >= 4 is 5.97 Å². The van der Waals surface area contributed by atoms with Crippen molar-refractivity contribution in [3.8, 4) is 0 Å². The minimum absolute atomic E-state index is 0.170. The van der Waals surface area contributed by atoms with Crippen molar-refractivity contribution in [3.63, 3.8) is 0 Å². The highest BCUT2D eigenvalue weighted by molar-refractivity contribution is 5.89. The molecule has 110 valence electrons. The van der Waals surface area contributed by atoms with Crippen molar-refractivity contribution in [1.29, 1.82) is 0 Å². The van der Waals surface area contributed by atoms with Gasteiger partial charge in [-0.3, -0.25) is 4.90 Å². The lowest BCUT2D eigenvalue weighted by molar-refractivity contribution is 0.0207. The van der Waals surface area contributed by atoms with Crippen molar-refractivity contribution < 1.29 is 13.9 Å². The smallest absolute Gasteiger partial charge is 0.338 e. The van der Waals surface area contributed by atoms with Gasteiger partial charge < -0.3 is 9.64 Å². The molecule has 0 amide bonds. The number of esters is 1. The van der Waals surface area contributed by atoms with Crippen LogP contribution in [0.25, 0.3) is 0 Å². The lowest BCUT2D eigenvalue weighted by Crippen LogP contribution is -2.47. The summed E-state index contributed by atoms with van der Waals surface area (Å²) < 4.78 is 18.2. The van der Waals surface area contributed by atoms with Crippen LogP contribution in [-0.2, 0) is 4.74 Å². The van der Waals surface area contributed by atoms with E-state index in [1.807, 2.05) is 6.92 Å². The van der Waals surface area contributed by atoms with Crippen LogP contribution in [0.15, 0.2) is 24.3 Å². The summed E-state index contributed by atoms with van der Waals surface area (Å²) in [5.41, 5.74) is 0.386. The predicted octanol–water partition coefficient (Wildman–Crippen LogP) is 1.62. The molecular weight excluding hydrogens is 259 g/mol. The van der Waals surface area contributed by atoms with Crippen molar-refractivity contribution in [3.05, 3.63) is 35.6 Å². The van der Waals surface area contributed by atoms with E-state index in [2.05, 4.69) is 16.8 Å². The van der Waals surface area contributed by atoms with Gasteiger partial charge in [0.1, 0.15) is 11.9 Å². The molecule has 0 N–H and O–H groups in total. The summed E-state index contributed by atoms with van der Waals surface area (Å²) in [5.74, 6) is -0.751. The Hall–Kier alpha value is -1.46. The molecule has 1 aliphatic rings. The third-order valence-electron chi connectivity index (χ3n) is 3.50. The van der Waals surface area contributed by atoms with Gasteiger partial charge in [0.25, 0.3) is 0 Å². The van der Waals surface area contributed by atoms with E-state index in [1.165, 1.54) is 24.3 Å². The quantitative estimate of drug-likeness (QED) is 0.785. The molecule has 4 nitrogen and oxygen atoms in total. The molecule has 0 aliphatic carbocycles. The summed E-state index contributed by atoms with van der Waals surface area (Å²) in [6, 6.07) is 5.42. The summed E-state index contributed by atoms with van der Waals surface area (Å²) >= 11 is 0. The minimum atomic E-state index is -0.397. The van der Waals surface area contributed by atoms with Gasteiger partial charge in [0.15, 0.2) is 0 Å². The SMILES string of the molecule is C[C@@H](CN1CCN(C)CC1)OC(=O)c1ccc(F)cc1. The van der Waals surface area contributed by atoms with Crippen LogP contribution in [0.2, 0.25) is 0 Å². The maximum Gasteiger partial charge on any atom is 0.338 e. The van der Waals surface area contributed by atoms with E-state index in [0.717, 1.165) is 32.7 Å². The summed E-state index contributed by atoms with van der Waals surface area (Å²) in [7, 11) is 2.11. The molecule has 0 aromatic heterocycles. The highest BCUT2D eigenvalue weighted by atomic mass is 19.1. The molecule has 20 heavy (non-hydrogen) atoms. The Balaban J connectivity index is 1.80. The number of carbonyl (C=O) groups excluding carboxylic acids is 1. The summed E-state index contributed by atoms with van der Waals surface area (Å²) in [4.78, 5) is 16.5. The van der Waals surface area contributed by atoms with Crippen molar-refractivity contribution in [2.24, 2.45) is 0 Å². The average Bonchev–Trinajstić information content (AvgIpc) is 2.42. The molecule has 1 fully saturated rings. The highest BCUT2D eigenvalue weighted by Crippen LogP contribution is 2.08. The van der Waals surface area contributed by atoms with Crippen LogP contribution < -0.4 is 0 Å². The molecule has 0 spiro atoms. The largest absolute Gasteiger partial charge is 0.458 e. The van der Waals surface area contributed by atoms with Crippen LogP contribution in [0.4, 0.5) is 4.39 Å². The van der Waals surface area contributed by atoms with Crippen LogP contribution >= 0.6 is 0 Å². The molecule has 1 aromatic rings. The van der Waals surface area contributed by atoms with E-state index in [0.29, 0.717) is 5.56 Å². The van der Waals surface area contributed by atoms with Gasteiger partial charge in [0.05, 0.1) is 5.56 Å². The lowest BCUT2D eigenvalue weighted by Gasteiger charge is -2.33. The Morgan fingerprint density at radius 1 is 1.25 bits per heavy atom. The third-order valence-corrected chi connectivity index (χ3v) is 3.50. The van der Waals surface area contributed by atoms with E-state index >= 15 is 0 Å². The fraction of sp³-hybridized carbons (Fsp3) is 0.533. The zero-order chi connectivity index (χ0) is 14.5. The molecular formula is C15H21FN2O2. The zero-order valence-corrected chi connectivity index (χ0v) is 12.0. The standard InChI is InChI=1S/C15H21FN2O2/c1-12(11-18-9-7-17(2)8-10-18)20-15(19)13-3-5-14(16)6-4-13/h3-6,12H,7-11H2,1-2H3/t12-/m0/s1. The molecule has 5 heteroatoms. The fourth-order valence-electron chi connectivity index (χ4n) is 2.27. The topological polar surface area (TPSA) is 32.8 Å². The number of benzene rings is 1. The molecule has 2 rings (SSSR count). The molecule has 0 bridgehead atoms. The maximum atomic E-state index is 12.8. The normalized spacial score (nSPS) is 18.8. The van der Waals surface area contributed by atoms with E-state index in [4.69, 9.17) is 4.74 Å². The van der Waals surface area contributed by atoms with Gasteiger partial charge in [-0.1, -0.05) is 0 Å². The Morgan fingerprint density at radius 3 is 2.45 bits per heavy atom. The van der Waals surface area contributed by atoms with Crippen LogP contribution in [0.3, 0.4) is 0 Å². The van der Waals surface area contributed by atoms with E-state index in [-0.39, 0.29) is 11.9 Å². The monoisotopic (exact) mass is 280 g/mol. The van der Waals surface area contributed by atoms with E-state index < -0.39 is 5.97 Å². The second kappa shape index (κ2) is 6.81. The predicted molar refractivity (Wildman–Crippen MR) is 75.2 cm³/mol. The Labute approximate surface area is 119 Å². The van der Waals surface area contributed by atoms with Gasteiger partial charge in [0, 0.05) is 32.7 Å². The van der Waals surface area contributed by atoms with Gasteiger partial charge in [-0.05, 0) is 38.2 Å². The summed E-state index contributed by atoms with van der Waals surface area (Å²) in [6.45, 7) is 6.70. The van der Waals surface area contributed by atoms with Crippen LogP contribution in [0.1, 0.15) is 17.3 Å². The van der Waals surface area contributed by atoms with E-state index in [9.17, 15) is 9.18 Å². The first kappa shape index (κ1) is 14.9. The fourth-order valence-corrected chi connectivity index (χ4v) is 2.27. The minimum Gasteiger partial charge on any atom is -0.458 e. The number of rotatable bonds is 4. The van der Waals surface area contributed by atoms with Crippen molar-refractivity contribution in [2.45, 2.75) is 13.0 Å². The lowest BCUT2D eigenvalue weighted by atomic mass is 10.2. The van der Waals surface area contributed by atoms with Gasteiger partial charge in [0.2, 0.25) is 0 Å². The molecule has 1 heterocycles. The Morgan fingerprint density at radius 2 is 1.85 bits per heavy atom. The molecule has 0 unspecified atom stereocenters. The van der Waals surface area contributed by atoms with Gasteiger partial charge in [-0.15, -0.1) is 0 Å². The van der Waals surface area contributed by atoms with Crippen molar-refractivity contribution in [2.75, 3.05) is 39.8 Å². The van der Waals surface area contributed by atoms with E-state index in [1.54, 1.807) is 0 Å².